The van der Waals surface area contributed by atoms with Crippen molar-refractivity contribution in [3.8, 4) is 0 Å². The minimum Gasteiger partial charge on any atom is -0.465 e. The van der Waals surface area contributed by atoms with Gasteiger partial charge in [0.25, 0.3) is 0 Å². The maximum absolute atomic E-state index is 11.2. The van der Waals surface area contributed by atoms with E-state index in [1.165, 1.54) is 12.3 Å². The van der Waals surface area contributed by atoms with Gasteiger partial charge in [0.05, 0.1) is 11.9 Å². The molecular formula is C11H13ClN2O3. The van der Waals surface area contributed by atoms with Crippen LogP contribution in [-0.2, 0) is 0 Å². The zero-order valence-corrected chi connectivity index (χ0v) is 10.5. The van der Waals surface area contributed by atoms with E-state index in [0.717, 1.165) is 4.90 Å². The maximum atomic E-state index is 11.2. The highest BCUT2D eigenvalue weighted by Gasteiger charge is 2.29. The molecule has 17 heavy (non-hydrogen) atoms. The average molecular weight is 257 g/mol. The van der Waals surface area contributed by atoms with Crippen LogP contribution < -0.4 is 4.90 Å². The average Bonchev–Trinajstić information content (AvgIpc) is 2.17. The molecule has 0 unspecified atom stereocenters. The number of aromatic nitrogens is 1. The van der Waals surface area contributed by atoms with Crippen LogP contribution in [0.1, 0.15) is 31.1 Å². The van der Waals surface area contributed by atoms with Crippen molar-refractivity contribution in [2.75, 3.05) is 4.90 Å². The van der Waals surface area contributed by atoms with E-state index >= 15 is 0 Å². The number of carboxylic acid groups (broad SMARTS) is 1. The third-order valence-corrected chi connectivity index (χ3v) is 2.32. The number of halogens is 1. The fourth-order valence-corrected chi connectivity index (χ4v) is 1.64. The molecule has 0 atom stereocenters. The fraction of sp³-hybridized carbons (Fsp3) is 0.364. The molecule has 0 aromatic carbocycles. The second-order valence-corrected chi connectivity index (χ2v) is 4.86. The van der Waals surface area contributed by atoms with E-state index in [0.29, 0.717) is 6.29 Å². The molecule has 5 nitrogen and oxygen atoms in total. The van der Waals surface area contributed by atoms with E-state index in [9.17, 15) is 14.7 Å². The molecule has 0 aliphatic heterocycles. The first kappa shape index (κ1) is 13.4. The Kier molecular flexibility index (Phi) is 3.72. The number of anilines is 1. The molecule has 0 saturated heterocycles. The SMILES string of the molecule is CC(C)(C)N(C(=O)O)c1cnc(Cl)cc1C=O. The highest BCUT2D eigenvalue weighted by molar-refractivity contribution is 6.29. The van der Waals surface area contributed by atoms with Crippen molar-refractivity contribution in [3.63, 3.8) is 0 Å². The first-order valence-electron chi connectivity index (χ1n) is 4.91. The third-order valence-electron chi connectivity index (χ3n) is 2.11. The molecule has 0 bridgehead atoms. The van der Waals surface area contributed by atoms with Gasteiger partial charge in [0, 0.05) is 11.1 Å². The van der Waals surface area contributed by atoms with Crippen molar-refractivity contribution >= 4 is 29.7 Å². The normalized spacial score (nSPS) is 11.1. The second kappa shape index (κ2) is 4.71. The Labute approximate surface area is 104 Å². The second-order valence-electron chi connectivity index (χ2n) is 4.47. The molecule has 0 saturated carbocycles. The molecule has 0 fully saturated rings. The van der Waals surface area contributed by atoms with Gasteiger partial charge in [-0.2, -0.15) is 0 Å². The monoisotopic (exact) mass is 256 g/mol. The number of hydrogen-bond acceptors (Lipinski definition) is 3. The van der Waals surface area contributed by atoms with Crippen molar-refractivity contribution < 1.29 is 14.7 Å². The lowest BCUT2D eigenvalue weighted by molar-refractivity contribution is 0.112. The largest absolute Gasteiger partial charge is 0.465 e. The van der Waals surface area contributed by atoms with Crippen LogP contribution in [0.15, 0.2) is 12.3 Å². The number of amides is 1. The molecule has 1 heterocycles. The van der Waals surface area contributed by atoms with Crippen LogP contribution in [-0.4, -0.2) is 28.0 Å². The Hall–Kier alpha value is -1.62. The van der Waals surface area contributed by atoms with E-state index in [2.05, 4.69) is 4.98 Å². The van der Waals surface area contributed by atoms with E-state index in [1.54, 1.807) is 20.8 Å². The summed E-state index contributed by atoms with van der Waals surface area (Å²) in [6.07, 6.45) is 0.695. The molecule has 1 N–H and O–H groups in total. The van der Waals surface area contributed by atoms with Gasteiger partial charge in [-0.1, -0.05) is 11.6 Å². The topological polar surface area (TPSA) is 70.5 Å². The van der Waals surface area contributed by atoms with Gasteiger partial charge in [0.1, 0.15) is 5.15 Å². The molecule has 0 aliphatic rings. The summed E-state index contributed by atoms with van der Waals surface area (Å²) in [6, 6.07) is 1.34. The van der Waals surface area contributed by atoms with Crippen LogP contribution in [0.25, 0.3) is 0 Å². The Morgan fingerprint density at radius 2 is 2.12 bits per heavy atom. The molecule has 1 aromatic rings. The van der Waals surface area contributed by atoms with E-state index in [-0.39, 0.29) is 16.4 Å². The van der Waals surface area contributed by atoms with E-state index in [4.69, 9.17) is 11.6 Å². The lowest BCUT2D eigenvalue weighted by Gasteiger charge is -2.33. The highest BCUT2D eigenvalue weighted by atomic mass is 35.5. The van der Waals surface area contributed by atoms with Crippen molar-refractivity contribution in [2.24, 2.45) is 0 Å². The lowest BCUT2D eigenvalue weighted by atomic mass is 10.0. The highest BCUT2D eigenvalue weighted by Crippen LogP contribution is 2.27. The predicted molar refractivity (Wildman–Crippen MR) is 64.9 cm³/mol. The molecule has 6 heteroatoms. The Morgan fingerprint density at radius 3 is 2.53 bits per heavy atom. The van der Waals surface area contributed by atoms with Gasteiger partial charge in [0.2, 0.25) is 0 Å². The van der Waals surface area contributed by atoms with Crippen LogP contribution in [0.3, 0.4) is 0 Å². The van der Waals surface area contributed by atoms with Crippen molar-refractivity contribution in [1.82, 2.24) is 4.98 Å². The van der Waals surface area contributed by atoms with Crippen LogP contribution >= 0.6 is 11.6 Å². The molecule has 0 spiro atoms. The number of hydrogen-bond donors (Lipinski definition) is 1. The van der Waals surface area contributed by atoms with Crippen molar-refractivity contribution in [1.29, 1.82) is 0 Å². The minimum absolute atomic E-state index is 0.148. The van der Waals surface area contributed by atoms with Gasteiger partial charge < -0.3 is 5.11 Å². The predicted octanol–water partition coefficient (Wildman–Crippen LogP) is 2.83. The molecule has 0 radical (unpaired) electrons. The Morgan fingerprint density at radius 1 is 1.53 bits per heavy atom. The van der Waals surface area contributed by atoms with Crippen LogP contribution in [0, 0.1) is 0 Å². The first-order valence-corrected chi connectivity index (χ1v) is 5.29. The van der Waals surface area contributed by atoms with Gasteiger partial charge in [-0.25, -0.2) is 9.78 Å². The molecule has 92 valence electrons. The third kappa shape index (κ3) is 2.94. The molecule has 1 rings (SSSR count). The molecule has 1 aromatic heterocycles. The standard InChI is InChI=1S/C11H13ClN2O3/c1-11(2,3)14(10(16)17)8-5-13-9(12)4-7(8)6-15/h4-6H,1-3H3,(H,16,17). The summed E-state index contributed by atoms with van der Waals surface area (Å²) in [5, 5.41) is 9.35. The number of pyridine rings is 1. The number of rotatable bonds is 2. The molecule has 0 aliphatic carbocycles. The van der Waals surface area contributed by atoms with E-state index < -0.39 is 11.6 Å². The minimum atomic E-state index is -1.15. The van der Waals surface area contributed by atoms with Gasteiger partial charge in [-0.15, -0.1) is 0 Å². The number of nitrogens with zero attached hydrogens (tertiary/aromatic N) is 2. The summed E-state index contributed by atoms with van der Waals surface area (Å²) in [5.41, 5.74) is -0.259. The Balaban J connectivity index is 3.38. The van der Waals surface area contributed by atoms with Gasteiger partial charge in [0.15, 0.2) is 6.29 Å². The summed E-state index contributed by atoms with van der Waals surface area (Å²) >= 11 is 5.66. The van der Waals surface area contributed by atoms with E-state index in [1.807, 2.05) is 0 Å². The number of carbonyl (C=O) groups is 2. The quantitative estimate of drug-likeness (QED) is 0.652. The van der Waals surface area contributed by atoms with Gasteiger partial charge in [-0.05, 0) is 26.8 Å². The summed E-state index contributed by atoms with van der Waals surface area (Å²) in [5.74, 6) is 0. The van der Waals surface area contributed by atoms with Gasteiger partial charge in [-0.3, -0.25) is 9.69 Å². The van der Waals surface area contributed by atoms with Crippen molar-refractivity contribution in [3.05, 3.63) is 23.0 Å². The zero-order valence-electron chi connectivity index (χ0n) is 9.77. The molecular weight excluding hydrogens is 244 g/mol. The van der Waals surface area contributed by atoms with Gasteiger partial charge >= 0.3 is 6.09 Å². The maximum Gasteiger partial charge on any atom is 0.412 e. The fourth-order valence-electron chi connectivity index (χ4n) is 1.47. The summed E-state index contributed by atoms with van der Waals surface area (Å²) in [7, 11) is 0. The summed E-state index contributed by atoms with van der Waals surface area (Å²) < 4.78 is 0. The molecule has 1 amide bonds. The lowest BCUT2D eigenvalue weighted by Crippen LogP contribution is -2.45. The summed E-state index contributed by atoms with van der Waals surface area (Å²) in [6.45, 7) is 5.18. The first-order chi connectivity index (χ1) is 7.77. The number of carbonyl (C=O) groups excluding carboxylic acids is 1. The summed E-state index contributed by atoms with van der Waals surface area (Å²) in [4.78, 5) is 27.1. The van der Waals surface area contributed by atoms with Crippen LogP contribution in [0.5, 0.6) is 0 Å². The van der Waals surface area contributed by atoms with Crippen LogP contribution in [0.4, 0.5) is 10.5 Å². The Bertz CT molecular complexity index is 455. The van der Waals surface area contributed by atoms with Crippen LogP contribution in [0.2, 0.25) is 5.15 Å². The smallest absolute Gasteiger partial charge is 0.412 e. The number of aldehydes is 1. The zero-order chi connectivity index (χ0) is 13.2. The van der Waals surface area contributed by atoms with Crippen molar-refractivity contribution in [2.45, 2.75) is 26.3 Å².